The number of aliphatic hydroxyl groups is 1. The summed E-state index contributed by atoms with van der Waals surface area (Å²) >= 11 is 0. The van der Waals surface area contributed by atoms with Crippen LogP contribution in [0.15, 0.2) is 36.9 Å². The lowest BCUT2D eigenvalue weighted by atomic mass is 10.00. The summed E-state index contributed by atoms with van der Waals surface area (Å²) in [6, 6.07) is 8.84. The Balaban J connectivity index is 1.52. The van der Waals surface area contributed by atoms with Gasteiger partial charge in [-0.05, 0) is 43.2 Å². The maximum absolute atomic E-state index is 9.32. The van der Waals surface area contributed by atoms with Crippen molar-refractivity contribution in [2.24, 2.45) is 5.92 Å². The van der Waals surface area contributed by atoms with Crippen LogP contribution in [0.1, 0.15) is 57.0 Å². The molecule has 4 rings (SSSR count). The molecule has 3 atom stereocenters. The minimum Gasteiger partial charge on any atom is -0.394 e. The van der Waals surface area contributed by atoms with Crippen LogP contribution in [0, 0.1) is 5.92 Å². The van der Waals surface area contributed by atoms with Gasteiger partial charge in [-0.15, -0.1) is 0 Å². The van der Waals surface area contributed by atoms with Gasteiger partial charge in [0.1, 0.15) is 12.6 Å². The van der Waals surface area contributed by atoms with Crippen molar-refractivity contribution in [1.82, 2.24) is 19.5 Å². The zero-order valence-electron chi connectivity index (χ0n) is 17.2. The van der Waals surface area contributed by atoms with Crippen molar-refractivity contribution in [1.29, 1.82) is 0 Å². The Bertz CT molecular complexity index is 953. The normalized spacial score (nSPS) is 20.4. The number of hydrogen-bond acceptors (Lipinski definition) is 6. The van der Waals surface area contributed by atoms with Gasteiger partial charge >= 0.3 is 0 Å². The molecule has 7 heteroatoms. The van der Waals surface area contributed by atoms with Crippen molar-refractivity contribution in [3.8, 4) is 0 Å². The molecule has 2 aromatic heterocycles. The molecular weight excluding hydrogens is 366 g/mol. The fourth-order valence-electron chi connectivity index (χ4n) is 3.90. The summed E-state index contributed by atoms with van der Waals surface area (Å²) in [4.78, 5) is 13.4. The third-order valence-electron chi connectivity index (χ3n) is 5.43. The van der Waals surface area contributed by atoms with E-state index in [1.807, 2.05) is 4.57 Å². The first kappa shape index (κ1) is 19.8. The summed E-state index contributed by atoms with van der Waals surface area (Å²) in [6.45, 7) is 6.63. The summed E-state index contributed by atoms with van der Waals surface area (Å²) in [5.41, 5.74) is 4.03. The fourth-order valence-corrected chi connectivity index (χ4v) is 3.90. The number of imidazole rings is 1. The van der Waals surface area contributed by atoms with E-state index >= 15 is 0 Å². The van der Waals surface area contributed by atoms with Gasteiger partial charge in [0.2, 0.25) is 0 Å². The van der Waals surface area contributed by atoms with Gasteiger partial charge in [-0.2, -0.15) is 0 Å². The van der Waals surface area contributed by atoms with Crippen molar-refractivity contribution in [3.63, 3.8) is 0 Å². The lowest BCUT2D eigenvalue weighted by Crippen LogP contribution is -2.14. The Morgan fingerprint density at radius 1 is 1.14 bits per heavy atom. The van der Waals surface area contributed by atoms with Crippen molar-refractivity contribution in [2.45, 2.75) is 58.4 Å². The summed E-state index contributed by atoms with van der Waals surface area (Å²) in [5, 5.41) is 12.8. The van der Waals surface area contributed by atoms with Crippen molar-refractivity contribution >= 4 is 17.0 Å². The molecule has 1 saturated heterocycles. The Kier molecular flexibility index (Phi) is 5.78. The molecule has 2 N–H and O–H groups in total. The van der Waals surface area contributed by atoms with Crippen LogP contribution in [0.2, 0.25) is 0 Å². The number of hydrogen-bond donors (Lipinski definition) is 2. The summed E-state index contributed by atoms with van der Waals surface area (Å²) in [5.74, 6) is 1.36. The second kappa shape index (κ2) is 8.47. The molecule has 154 valence electrons. The van der Waals surface area contributed by atoms with E-state index in [0.29, 0.717) is 11.7 Å². The highest BCUT2D eigenvalue weighted by Gasteiger charge is 2.28. The minimum atomic E-state index is -0.147. The van der Waals surface area contributed by atoms with Gasteiger partial charge in [0.05, 0.1) is 25.1 Å². The second-order valence-electron chi connectivity index (χ2n) is 8.22. The van der Waals surface area contributed by atoms with Crippen LogP contribution < -0.4 is 5.32 Å². The Labute approximate surface area is 171 Å². The highest BCUT2D eigenvalue weighted by atomic mass is 16.5. The number of aromatic nitrogens is 4. The summed E-state index contributed by atoms with van der Waals surface area (Å²) in [7, 11) is 0. The lowest BCUT2D eigenvalue weighted by molar-refractivity contribution is -0.0207. The zero-order valence-corrected chi connectivity index (χ0v) is 17.2. The molecule has 1 unspecified atom stereocenters. The Hall–Kier alpha value is -2.51. The van der Waals surface area contributed by atoms with Crippen molar-refractivity contribution in [3.05, 3.63) is 48.0 Å². The van der Waals surface area contributed by atoms with Gasteiger partial charge in [0.15, 0.2) is 17.0 Å². The van der Waals surface area contributed by atoms with Gasteiger partial charge in [-0.1, -0.05) is 38.1 Å². The number of fused-ring (bicyclic) bond motifs is 1. The number of aliphatic hydroxyl groups excluding tert-OH is 1. The molecule has 1 aliphatic rings. The highest BCUT2D eigenvalue weighted by molar-refractivity contribution is 5.82. The molecule has 1 aromatic carbocycles. The van der Waals surface area contributed by atoms with Gasteiger partial charge in [0, 0.05) is 0 Å². The molecule has 3 aromatic rings. The van der Waals surface area contributed by atoms with E-state index in [9.17, 15) is 5.11 Å². The van der Waals surface area contributed by atoms with Crippen LogP contribution in [0.3, 0.4) is 0 Å². The first-order valence-corrected chi connectivity index (χ1v) is 10.3. The number of ether oxygens (including phenoxy) is 1. The quantitative estimate of drug-likeness (QED) is 0.632. The van der Waals surface area contributed by atoms with Gasteiger partial charge in [-0.3, -0.25) is 4.57 Å². The smallest absolute Gasteiger partial charge is 0.167 e. The molecule has 7 nitrogen and oxygen atoms in total. The van der Waals surface area contributed by atoms with E-state index in [1.54, 1.807) is 12.7 Å². The van der Waals surface area contributed by atoms with Gasteiger partial charge in [0.25, 0.3) is 0 Å². The topological polar surface area (TPSA) is 85.1 Å². The summed E-state index contributed by atoms with van der Waals surface area (Å²) < 4.78 is 7.82. The van der Waals surface area contributed by atoms with E-state index in [-0.39, 0.29) is 25.0 Å². The third kappa shape index (κ3) is 4.26. The maximum Gasteiger partial charge on any atom is 0.167 e. The predicted octanol–water partition coefficient (Wildman–Crippen LogP) is 3.87. The van der Waals surface area contributed by atoms with Crippen molar-refractivity contribution < 1.29 is 9.84 Å². The van der Waals surface area contributed by atoms with Crippen LogP contribution in [-0.2, 0) is 11.2 Å². The van der Waals surface area contributed by atoms with Crippen LogP contribution in [0.5, 0.6) is 0 Å². The maximum atomic E-state index is 9.32. The number of nitrogens with zero attached hydrogens (tertiary/aromatic N) is 4. The Morgan fingerprint density at radius 3 is 2.62 bits per heavy atom. The van der Waals surface area contributed by atoms with Crippen LogP contribution in [0.25, 0.3) is 11.2 Å². The summed E-state index contributed by atoms with van der Waals surface area (Å²) in [6.07, 6.45) is 5.80. The predicted molar refractivity (Wildman–Crippen MR) is 113 cm³/mol. The molecular formula is C22H29N5O2. The number of rotatable bonds is 7. The molecule has 29 heavy (non-hydrogen) atoms. The average molecular weight is 396 g/mol. The molecule has 3 heterocycles. The van der Waals surface area contributed by atoms with Gasteiger partial charge in [-0.25, -0.2) is 15.0 Å². The SMILES string of the molecule is CC(C)Cc1ccc(C(C)Nc2ncnc3c2ncn3[C@H]2CC[C@@H](CO)O2)cc1. The number of anilines is 1. The van der Waals surface area contributed by atoms with E-state index in [1.165, 1.54) is 11.1 Å². The highest BCUT2D eigenvalue weighted by Crippen LogP contribution is 2.31. The first-order chi connectivity index (χ1) is 14.0. The largest absolute Gasteiger partial charge is 0.394 e. The second-order valence-corrected chi connectivity index (χ2v) is 8.22. The molecule has 1 aliphatic heterocycles. The van der Waals surface area contributed by atoms with E-state index < -0.39 is 0 Å². The van der Waals surface area contributed by atoms with E-state index in [0.717, 1.165) is 30.4 Å². The van der Waals surface area contributed by atoms with Gasteiger partial charge < -0.3 is 15.2 Å². The fraction of sp³-hybridized carbons (Fsp3) is 0.500. The molecule has 0 amide bonds. The Morgan fingerprint density at radius 2 is 1.93 bits per heavy atom. The molecule has 0 bridgehead atoms. The minimum absolute atomic E-state index is 0.0401. The van der Waals surface area contributed by atoms with Crippen LogP contribution in [-0.4, -0.2) is 37.3 Å². The lowest BCUT2D eigenvalue weighted by Gasteiger charge is -2.16. The molecule has 0 radical (unpaired) electrons. The molecule has 1 fully saturated rings. The van der Waals surface area contributed by atoms with Crippen LogP contribution in [0.4, 0.5) is 5.82 Å². The van der Waals surface area contributed by atoms with Crippen LogP contribution >= 0.6 is 0 Å². The monoisotopic (exact) mass is 395 g/mol. The number of benzene rings is 1. The first-order valence-electron chi connectivity index (χ1n) is 10.3. The molecule has 0 saturated carbocycles. The molecule has 0 spiro atoms. The molecule has 0 aliphatic carbocycles. The van der Waals surface area contributed by atoms with E-state index in [2.05, 4.69) is 65.3 Å². The third-order valence-corrected chi connectivity index (χ3v) is 5.43. The zero-order chi connectivity index (χ0) is 20.4. The number of nitrogens with one attached hydrogen (secondary N) is 1. The van der Waals surface area contributed by atoms with Crippen molar-refractivity contribution in [2.75, 3.05) is 11.9 Å². The average Bonchev–Trinajstić information content (AvgIpc) is 3.35. The standard InChI is InChI=1S/C22H29N5O2/c1-14(2)10-16-4-6-17(7-5-16)15(3)26-21-20-22(24-12-23-21)27(13-25-20)19-9-8-18(11-28)29-19/h4-7,12-15,18-19,28H,8-11H2,1-3H3,(H,23,24,26)/t15?,18-,19+/m0/s1. The van der Waals surface area contributed by atoms with E-state index in [4.69, 9.17) is 4.74 Å².